The second kappa shape index (κ2) is 6.32. The van der Waals surface area contributed by atoms with E-state index in [0.29, 0.717) is 6.61 Å². The molecule has 2 heterocycles. The Bertz CT molecular complexity index is 782. The first-order valence-corrected chi connectivity index (χ1v) is 9.26. The van der Waals surface area contributed by atoms with Gasteiger partial charge in [-0.15, -0.1) is 23.1 Å². The van der Waals surface area contributed by atoms with Crippen LogP contribution in [-0.2, 0) is 13.2 Å². The Kier molecular flexibility index (Phi) is 4.06. The Labute approximate surface area is 138 Å². The predicted molar refractivity (Wildman–Crippen MR) is 95.0 cm³/mol. The average molecular weight is 327 g/mol. The van der Waals surface area contributed by atoms with Crippen LogP contribution in [0.25, 0.3) is 10.1 Å². The van der Waals surface area contributed by atoms with Crippen molar-refractivity contribution in [3.63, 3.8) is 0 Å². The van der Waals surface area contributed by atoms with Crippen LogP contribution in [-0.4, -0.2) is 12.3 Å². The molecule has 22 heavy (non-hydrogen) atoms. The molecule has 0 radical (unpaired) electrons. The maximum atomic E-state index is 5.97. The van der Waals surface area contributed by atoms with E-state index in [1.165, 1.54) is 25.4 Å². The predicted octanol–water partition coefficient (Wildman–Crippen LogP) is 4.68. The van der Waals surface area contributed by atoms with Crippen molar-refractivity contribution in [1.82, 2.24) is 5.32 Å². The average Bonchev–Trinajstić information content (AvgIpc) is 2.75. The zero-order valence-electron chi connectivity index (χ0n) is 12.2. The van der Waals surface area contributed by atoms with Crippen molar-refractivity contribution in [3.8, 4) is 5.75 Å². The Morgan fingerprint density at radius 3 is 2.91 bits per heavy atom. The highest BCUT2D eigenvalue weighted by atomic mass is 32.2. The molecule has 0 saturated heterocycles. The summed E-state index contributed by atoms with van der Waals surface area (Å²) in [7, 11) is 0. The molecule has 0 atom stereocenters. The second-order valence-electron chi connectivity index (χ2n) is 5.31. The van der Waals surface area contributed by atoms with E-state index >= 15 is 0 Å². The lowest BCUT2D eigenvalue weighted by molar-refractivity contribution is 0.306. The number of hydrogen-bond acceptors (Lipinski definition) is 4. The summed E-state index contributed by atoms with van der Waals surface area (Å²) < 4.78 is 7.33. The molecule has 4 rings (SSSR count). The molecule has 0 bridgehead atoms. The normalized spacial score (nSPS) is 14.5. The zero-order chi connectivity index (χ0) is 14.8. The molecule has 0 amide bonds. The van der Waals surface area contributed by atoms with Gasteiger partial charge in [-0.1, -0.05) is 30.3 Å². The minimum Gasteiger partial charge on any atom is -0.489 e. The van der Waals surface area contributed by atoms with Crippen LogP contribution in [0, 0.1) is 0 Å². The van der Waals surface area contributed by atoms with E-state index in [2.05, 4.69) is 35.6 Å². The molecule has 3 aromatic rings. The Morgan fingerprint density at radius 2 is 2.00 bits per heavy atom. The molecule has 2 nitrogen and oxygen atoms in total. The monoisotopic (exact) mass is 327 g/mol. The number of thiophene rings is 1. The maximum Gasteiger partial charge on any atom is 0.120 e. The molecule has 1 N–H and O–H groups in total. The van der Waals surface area contributed by atoms with Crippen LogP contribution in [0.15, 0.2) is 53.4 Å². The van der Waals surface area contributed by atoms with Gasteiger partial charge in [-0.2, -0.15) is 0 Å². The van der Waals surface area contributed by atoms with Gasteiger partial charge in [-0.05, 0) is 23.8 Å². The fourth-order valence-electron chi connectivity index (χ4n) is 2.64. The van der Waals surface area contributed by atoms with Crippen molar-refractivity contribution in [2.24, 2.45) is 0 Å². The van der Waals surface area contributed by atoms with Gasteiger partial charge in [-0.3, -0.25) is 0 Å². The third-order valence-corrected chi connectivity index (χ3v) is 6.20. The Hall–Kier alpha value is -1.49. The molecule has 0 fully saturated rings. The zero-order valence-corrected chi connectivity index (χ0v) is 13.8. The van der Waals surface area contributed by atoms with Crippen molar-refractivity contribution < 1.29 is 4.74 Å². The van der Waals surface area contributed by atoms with Crippen molar-refractivity contribution in [2.75, 3.05) is 12.3 Å². The quantitative estimate of drug-likeness (QED) is 0.755. The van der Waals surface area contributed by atoms with Crippen LogP contribution in [0.3, 0.4) is 0 Å². The molecule has 4 heteroatoms. The lowest BCUT2D eigenvalue weighted by Gasteiger charge is -2.07. The lowest BCUT2D eigenvalue weighted by atomic mass is 10.2. The molecule has 0 unspecified atom stereocenters. The molecular weight excluding hydrogens is 310 g/mol. The summed E-state index contributed by atoms with van der Waals surface area (Å²) in [5.74, 6) is 2.09. The molecular formula is C18H17NOS2. The van der Waals surface area contributed by atoms with Gasteiger partial charge in [0.05, 0.1) is 0 Å². The minimum atomic E-state index is 0.618. The summed E-state index contributed by atoms with van der Waals surface area (Å²) in [6.07, 6.45) is 0. The minimum absolute atomic E-state index is 0.618. The van der Waals surface area contributed by atoms with E-state index in [-0.39, 0.29) is 0 Å². The third-order valence-electron chi connectivity index (χ3n) is 3.74. The van der Waals surface area contributed by atoms with Gasteiger partial charge in [0, 0.05) is 38.7 Å². The number of rotatable bonds is 3. The highest BCUT2D eigenvalue weighted by molar-refractivity contribution is 7.99. The van der Waals surface area contributed by atoms with Gasteiger partial charge in [0.2, 0.25) is 0 Å². The Morgan fingerprint density at radius 1 is 1.09 bits per heavy atom. The van der Waals surface area contributed by atoms with Crippen molar-refractivity contribution in [3.05, 3.63) is 59.0 Å². The van der Waals surface area contributed by atoms with Gasteiger partial charge in [0.1, 0.15) is 12.4 Å². The fourth-order valence-corrected chi connectivity index (χ4v) is 5.06. The number of ether oxygens (including phenoxy) is 1. The van der Waals surface area contributed by atoms with Gasteiger partial charge < -0.3 is 10.1 Å². The lowest BCUT2D eigenvalue weighted by Crippen LogP contribution is -2.13. The first-order chi connectivity index (χ1) is 10.9. The molecule has 2 aromatic carbocycles. The highest BCUT2D eigenvalue weighted by Gasteiger charge is 2.15. The molecule has 0 aliphatic carbocycles. The SMILES string of the molecule is c1ccc(COc2ccc3sc4c(c3c2)SCCNC4)cc1. The van der Waals surface area contributed by atoms with Crippen LogP contribution in [0.4, 0.5) is 0 Å². The van der Waals surface area contributed by atoms with Crippen molar-refractivity contribution >= 4 is 33.2 Å². The first kappa shape index (κ1) is 14.1. The van der Waals surface area contributed by atoms with Gasteiger partial charge in [0.15, 0.2) is 0 Å². The summed E-state index contributed by atoms with van der Waals surface area (Å²) in [5, 5.41) is 4.83. The second-order valence-corrected chi connectivity index (χ2v) is 7.55. The molecule has 1 aliphatic rings. The van der Waals surface area contributed by atoms with Crippen LogP contribution in [0.1, 0.15) is 10.4 Å². The maximum absolute atomic E-state index is 5.97. The van der Waals surface area contributed by atoms with E-state index in [0.717, 1.165) is 24.6 Å². The number of fused-ring (bicyclic) bond motifs is 3. The number of thioether (sulfide) groups is 1. The summed E-state index contributed by atoms with van der Waals surface area (Å²) in [5.41, 5.74) is 1.20. The number of hydrogen-bond donors (Lipinski definition) is 1. The van der Waals surface area contributed by atoms with Crippen molar-refractivity contribution in [1.29, 1.82) is 0 Å². The number of nitrogens with one attached hydrogen (secondary N) is 1. The molecule has 1 aliphatic heterocycles. The van der Waals surface area contributed by atoms with E-state index < -0.39 is 0 Å². The van der Waals surface area contributed by atoms with E-state index in [9.17, 15) is 0 Å². The standard InChI is InChI=1S/C18H17NOS2/c1-2-4-13(5-3-1)12-20-14-6-7-16-15(10-14)18-17(22-16)11-19-8-9-21-18/h1-7,10,19H,8-9,11-12H2. The van der Waals surface area contributed by atoms with Crippen LogP contribution in [0.5, 0.6) is 5.75 Å². The summed E-state index contributed by atoms with van der Waals surface area (Å²) >= 11 is 3.86. The van der Waals surface area contributed by atoms with E-state index in [1.807, 2.05) is 41.3 Å². The molecule has 0 saturated carbocycles. The summed E-state index contributed by atoms with van der Waals surface area (Å²) in [4.78, 5) is 2.90. The van der Waals surface area contributed by atoms with Gasteiger partial charge >= 0.3 is 0 Å². The molecule has 1 aromatic heterocycles. The van der Waals surface area contributed by atoms with E-state index in [1.54, 1.807) is 0 Å². The summed E-state index contributed by atoms with van der Waals surface area (Å²) in [6, 6.07) is 16.8. The summed E-state index contributed by atoms with van der Waals surface area (Å²) in [6.45, 7) is 2.69. The topological polar surface area (TPSA) is 21.3 Å². The van der Waals surface area contributed by atoms with Crippen LogP contribution >= 0.6 is 23.1 Å². The number of benzene rings is 2. The first-order valence-electron chi connectivity index (χ1n) is 7.46. The molecule has 112 valence electrons. The molecule has 0 spiro atoms. The fraction of sp³-hybridized carbons (Fsp3) is 0.222. The smallest absolute Gasteiger partial charge is 0.120 e. The Balaban J connectivity index is 1.61. The van der Waals surface area contributed by atoms with Crippen LogP contribution in [0.2, 0.25) is 0 Å². The third kappa shape index (κ3) is 2.86. The van der Waals surface area contributed by atoms with E-state index in [4.69, 9.17) is 4.74 Å². The largest absolute Gasteiger partial charge is 0.489 e. The van der Waals surface area contributed by atoms with Gasteiger partial charge in [-0.25, -0.2) is 0 Å². The van der Waals surface area contributed by atoms with Crippen molar-refractivity contribution in [2.45, 2.75) is 18.0 Å². The van der Waals surface area contributed by atoms with Crippen LogP contribution < -0.4 is 10.1 Å². The highest BCUT2D eigenvalue weighted by Crippen LogP contribution is 2.40. The van der Waals surface area contributed by atoms with Gasteiger partial charge in [0.25, 0.3) is 0 Å².